The fourth-order valence-corrected chi connectivity index (χ4v) is 1.99. The number of aromatic hydroxyl groups is 1. The van der Waals surface area contributed by atoms with Crippen molar-refractivity contribution in [1.29, 1.82) is 0 Å². The zero-order chi connectivity index (χ0) is 12.4. The number of rotatable bonds is 3. The van der Waals surface area contributed by atoms with Crippen LogP contribution >= 0.6 is 11.3 Å². The molecule has 2 rings (SSSR count). The Morgan fingerprint density at radius 2 is 2.00 bits per heavy atom. The van der Waals surface area contributed by atoms with Gasteiger partial charge in [-0.15, -0.1) is 0 Å². The number of aromatic nitrogens is 1. The normalized spacial score (nSPS) is 10.4. The Kier molecular flexibility index (Phi) is 2.92. The van der Waals surface area contributed by atoms with Gasteiger partial charge in [-0.25, -0.2) is 0 Å². The molecular weight excluding hydrogens is 244 g/mol. The Balaban J connectivity index is 2.25. The minimum absolute atomic E-state index is 0.00404. The highest BCUT2D eigenvalue weighted by Gasteiger charge is 2.08. The molecule has 2 aromatic rings. The molecule has 0 spiro atoms. The lowest BCUT2D eigenvalue weighted by Gasteiger charge is -2.02. The SMILES string of the molecule is O=c1scc(O)n1Cc1ccc([N+](=O)[O-])cc1. The Labute approximate surface area is 99.5 Å². The highest BCUT2D eigenvalue weighted by molar-refractivity contribution is 7.07. The molecule has 7 heteroatoms. The van der Waals surface area contributed by atoms with Gasteiger partial charge in [0, 0.05) is 12.1 Å². The molecule has 0 aliphatic heterocycles. The molecule has 1 N–H and O–H groups in total. The number of hydrogen-bond acceptors (Lipinski definition) is 5. The number of nitro benzene ring substituents is 1. The third-order valence-corrected chi connectivity index (χ3v) is 3.00. The summed E-state index contributed by atoms with van der Waals surface area (Å²) in [7, 11) is 0. The minimum atomic E-state index is -0.488. The van der Waals surface area contributed by atoms with E-state index in [1.807, 2.05) is 0 Å². The molecule has 0 atom stereocenters. The lowest BCUT2D eigenvalue weighted by Crippen LogP contribution is -2.13. The second kappa shape index (κ2) is 4.38. The Morgan fingerprint density at radius 1 is 1.35 bits per heavy atom. The van der Waals surface area contributed by atoms with Crippen molar-refractivity contribution in [3.05, 3.63) is 55.0 Å². The van der Waals surface area contributed by atoms with Gasteiger partial charge in [-0.2, -0.15) is 0 Å². The first-order valence-corrected chi connectivity index (χ1v) is 5.56. The zero-order valence-corrected chi connectivity index (χ0v) is 9.38. The molecule has 1 aromatic heterocycles. The van der Waals surface area contributed by atoms with E-state index in [4.69, 9.17) is 0 Å². The van der Waals surface area contributed by atoms with E-state index in [-0.39, 0.29) is 23.0 Å². The summed E-state index contributed by atoms with van der Waals surface area (Å²) in [6, 6.07) is 5.84. The maximum absolute atomic E-state index is 11.3. The number of nitrogens with zero attached hydrogens (tertiary/aromatic N) is 2. The standard InChI is InChI=1S/C10H8N2O4S/c13-9-6-17-10(14)11(9)5-7-1-3-8(4-2-7)12(15)16/h1-4,6,13H,5H2. The summed E-state index contributed by atoms with van der Waals surface area (Å²) in [4.78, 5) is 21.0. The third kappa shape index (κ3) is 2.34. The maximum atomic E-state index is 11.3. The quantitative estimate of drug-likeness (QED) is 0.663. The molecule has 0 saturated heterocycles. The third-order valence-electron chi connectivity index (χ3n) is 2.25. The molecule has 6 nitrogen and oxygen atoms in total. The summed E-state index contributed by atoms with van der Waals surface area (Å²) in [5.74, 6) is -0.0987. The molecule has 0 amide bonds. The topological polar surface area (TPSA) is 85.4 Å². The molecule has 1 aromatic carbocycles. The fourth-order valence-electron chi connectivity index (χ4n) is 1.38. The van der Waals surface area contributed by atoms with Gasteiger partial charge in [-0.05, 0) is 5.56 Å². The van der Waals surface area contributed by atoms with E-state index in [9.17, 15) is 20.0 Å². The molecule has 0 unspecified atom stereocenters. The average molecular weight is 252 g/mol. The minimum Gasteiger partial charge on any atom is -0.494 e. The molecule has 0 saturated carbocycles. The Bertz CT molecular complexity index is 600. The van der Waals surface area contributed by atoms with Crippen LogP contribution in [-0.4, -0.2) is 14.6 Å². The lowest BCUT2D eigenvalue weighted by molar-refractivity contribution is -0.384. The predicted octanol–water partition coefficient (Wildman–Crippen LogP) is 1.57. The number of hydrogen-bond donors (Lipinski definition) is 1. The van der Waals surface area contributed by atoms with Crippen molar-refractivity contribution in [2.45, 2.75) is 6.54 Å². The molecular formula is C10H8N2O4S. The van der Waals surface area contributed by atoms with E-state index in [1.54, 1.807) is 12.1 Å². The van der Waals surface area contributed by atoms with Crippen molar-refractivity contribution >= 4 is 17.0 Å². The van der Waals surface area contributed by atoms with Crippen LogP contribution < -0.4 is 4.87 Å². The average Bonchev–Trinajstić information content (AvgIpc) is 2.61. The second-order valence-corrected chi connectivity index (χ2v) is 4.19. The van der Waals surface area contributed by atoms with E-state index < -0.39 is 4.92 Å². The monoisotopic (exact) mass is 252 g/mol. The van der Waals surface area contributed by atoms with Crippen molar-refractivity contribution in [3.8, 4) is 5.88 Å². The van der Waals surface area contributed by atoms with Gasteiger partial charge in [0.25, 0.3) is 5.69 Å². The first-order chi connectivity index (χ1) is 8.08. The largest absolute Gasteiger partial charge is 0.494 e. The summed E-state index contributed by atoms with van der Waals surface area (Å²) in [6.07, 6.45) is 0. The van der Waals surface area contributed by atoms with Crippen LogP contribution in [0, 0.1) is 10.1 Å². The highest BCUT2D eigenvalue weighted by Crippen LogP contribution is 2.15. The summed E-state index contributed by atoms with van der Waals surface area (Å²) in [6.45, 7) is 0.201. The summed E-state index contributed by atoms with van der Waals surface area (Å²) in [5.41, 5.74) is 0.710. The van der Waals surface area contributed by atoms with Crippen LogP contribution in [0.4, 0.5) is 5.69 Å². The van der Waals surface area contributed by atoms with Gasteiger partial charge in [0.05, 0.1) is 16.8 Å². The van der Waals surface area contributed by atoms with Crippen LogP contribution in [0.2, 0.25) is 0 Å². The van der Waals surface area contributed by atoms with Crippen LogP contribution in [0.25, 0.3) is 0 Å². The molecule has 17 heavy (non-hydrogen) atoms. The predicted molar refractivity (Wildman–Crippen MR) is 62.4 cm³/mol. The molecule has 0 fully saturated rings. The van der Waals surface area contributed by atoms with Gasteiger partial charge in [-0.1, -0.05) is 23.5 Å². The molecule has 0 bridgehead atoms. The molecule has 1 heterocycles. The lowest BCUT2D eigenvalue weighted by atomic mass is 10.2. The molecule has 88 valence electrons. The van der Waals surface area contributed by atoms with Crippen molar-refractivity contribution in [1.82, 2.24) is 4.57 Å². The fraction of sp³-hybridized carbons (Fsp3) is 0.100. The smallest absolute Gasteiger partial charge is 0.310 e. The van der Waals surface area contributed by atoms with Gasteiger partial charge in [-0.3, -0.25) is 19.5 Å². The van der Waals surface area contributed by atoms with E-state index in [1.165, 1.54) is 22.1 Å². The van der Waals surface area contributed by atoms with Gasteiger partial charge in [0.1, 0.15) is 0 Å². The van der Waals surface area contributed by atoms with Crippen molar-refractivity contribution < 1.29 is 10.0 Å². The van der Waals surface area contributed by atoms with E-state index in [0.29, 0.717) is 5.56 Å². The maximum Gasteiger partial charge on any atom is 0.310 e. The summed E-state index contributed by atoms with van der Waals surface area (Å²) >= 11 is 0.907. The van der Waals surface area contributed by atoms with Crippen molar-refractivity contribution in [3.63, 3.8) is 0 Å². The van der Waals surface area contributed by atoms with Crippen molar-refractivity contribution in [2.24, 2.45) is 0 Å². The van der Waals surface area contributed by atoms with Gasteiger partial charge in [0.15, 0.2) is 0 Å². The van der Waals surface area contributed by atoms with E-state index >= 15 is 0 Å². The van der Waals surface area contributed by atoms with Crippen LogP contribution in [0.15, 0.2) is 34.4 Å². The van der Waals surface area contributed by atoms with Crippen molar-refractivity contribution in [2.75, 3.05) is 0 Å². The van der Waals surface area contributed by atoms with Crippen LogP contribution in [0.1, 0.15) is 5.56 Å². The zero-order valence-electron chi connectivity index (χ0n) is 8.57. The van der Waals surface area contributed by atoms with Crippen LogP contribution in [0.5, 0.6) is 5.88 Å². The first kappa shape index (κ1) is 11.3. The van der Waals surface area contributed by atoms with Gasteiger partial charge < -0.3 is 5.11 Å². The Morgan fingerprint density at radius 3 is 2.47 bits per heavy atom. The number of nitro groups is 1. The van der Waals surface area contributed by atoms with Crippen LogP contribution in [-0.2, 0) is 6.54 Å². The van der Waals surface area contributed by atoms with Gasteiger partial charge in [0.2, 0.25) is 5.88 Å². The summed E-state index contributed by atoms with van der Waals surface area (Å²) < 4.78 is 1.20. The number of thiazole rings is 1. The van der Waals surface area contributed by atoms with Crippen LogP contribution in [0.3, 0.4) is 0 Å². The highest BCUT2D eigenvalue weighted by atomic mass is 32.1. The van der Waals surface area contributed by atoms with E-state index in [2.05, 4.69) is 0 Å². The molecule has 0 aliphatic carbocycles. The van der Waals surface area contributed by atoms with Gasteiger partial charge >= 0.3 is 4.87 Å². The second-order valence-electron chi connectivity index (χ2n) is 3.37. The molecule has 0 aliphatic rings. The first-order valence-electron chi connectivity index (χ1n) is 4.68. The van der Waals surface area contributed by atoms with E-state index in [0.717, 1.165) is 11.3 Å². The Hall–Kier alpha value is -2.15. The number of benzene rings is 1. The number of non-ortho nitro benzene ring substituents is 1. The molecule has 0 radical (unpaired) electrons. The summed E-state index contributed by atoms with van der Waals surface area (Å²) in [5, 5.41) is 21.2.